The highest BCUT2D eigenvalue weighted by Crippen LogP contribution is 2.20. The highest BCUT2D eigenvalue weighted by atomic mass is 35.5. The predicted octanol–water partition coefficient (Wildman–Crippen LogP) is 3.39. The number of ether oxygens (including phenoxy) is 1. The Bertz CT molecular complexity index is 721. The van der Waals surface area contributed by atoms with Crippen molar-refractivity contribution in [2.75, 3.05) is 30.2 Å². The number of benzene rings is 1. The number of alkyl halides is 2. The second-order valence-electron chi connectivity index (χ2n) is 8.03. The Morgan fingerprint density at radius 3 is 2.10 bits per heavy atom. The quantitative estimate of drug-likeness (QED) is 0.334. The van der Waals surface area contributed by atoms with Crippen molar-refractivity contribution < 1.29 is 24.2 Å². The van der Waals surface area contributed by atoms with Crippen LogP contribution in [0.4, 0.5) is 10.5 Å². The van der Waals surface area contributed by atoms with E-state index < -0.39 is 41.6 Å². The van der Waals surface area contributed by atoms with Gasteiger partial charge in [0.1, 0.15) is 17.7 Å². The van der Waals surface area contributed by atoms with Gasteiger partial charge in [0.15, 0.2) is 0 Å². The molecule has 0 saturated carbocycles. The number of carbonyl (C=O) groups is 3. The largest absolute Gasteiger partial charge is 0.480 e. The predicted molar refractivity (Wildman–Crippen MR) is 122 cm³/mol. The third-order valence-electron chi connectivity index (χ3n) is 4.39. The van der Waals surface area contributed by atoms with E-state index in [0.29, 0.717) is 5.69 Å². The fourth-order valence-electron chi connectivity index (χ4n) is 3.10. The Morgan fingerprint density at radius 2 is 1.65 bits per heavy atom. The van der Waals surface area contributed by atoms with Crippen LogP contribution in [-0.2, 0) is 14.3 Å². The number of halogens is 2. The molecule has 0 saturated heterocycles. The molecule has 1 aromatic rings. The molecule has 0 spiro atoms. The van der Waals surface area contributed by atoms with Crippen LogP contribution in [0, 0.1) is 5.92 Å². The Hall–Kier alpha value is -2.03. The van der Waals surface area contributed by atoms with Gasteiger partial charge in [-0.15, -0.1) is 23.2 Å². The molecule has 0 aliphatic carbocycles. The normalized spacial score (nSPS) is 14.4. The number of hydrogen-bond acceptors (Lipinski definition) is 5. The molecule has 2 amide bonds. The summed E-state index contributed by atoms with van der Waals surface area (Å²) < 4.78 is 5.46. The van der Waals surface area contributed by atoms with Crippen LogP contribution in [0.2, 0.25) is 0 Å². The molecule has 3 atom stereocenters. The van der Waals surface area contributed by atoms with Gasteiger partial charge >= 0.3 is 18.0 Å². The van der Waals surface area contributed by atoms with Gasteiger partial charge in [-0.25, -0.2) is 9.59 Å². The summed E-state index contributed by atoms with van der Waals surface area (Å²) in [6.07, 6.45) is 0. The molecule has 10 heteroatoms. The van der Waals surface area contributed by atoms with Gasteiger partial charge in [0, 0.05) is 36.5 Å². The van der Waals surface area contributed by atoms with E-state index in [0.717, 1.165) is 0 Å². The van der Waals surface area contributed by atoms with E-state index in [1.807, 2.05) is 0 Å². The van der Waals surface area contributed by atoms with E-state index in [2.05, 4.69) is 10.6 Å². The summed E-state index contributed by atoms with van der Waals surface area (Å²) >= 11 is 11.7. The molecule has 2 unspecified atom stereocenters. The average Bonchev–Trinajstić information content (AvgIpc) is 2.65. The number of esters is 1. The lowest BCUT2D eigenvalue weighted by atomic mass is 9.91. The van der Waals surface area contributed by atoms with Crippen molar-refractivity contribution in [3.8, 4) is 0 Å². The summed E-state index contributed by atoms with van der Waals surface area (Å²) in [6, 6.07) is 5.68. The van der Waals surface area contributed by atoms with Crippen molar-refractivity contribution in [3.63, 3.8) is 0 Å². The van der Waals surface area contributed by atoms with Gasteiger partial charge in [0.25, 0.3) is 0 Å². The maximum atomic E-state index is 12.9. The van der Waals surface area contributed by atoms with Crippen molar-refractivity contribution in [1.82, 2.24) is 10.2 Å². The average molecular weight is 476 g/mol. The van der Waals surface area contributed by atoms with E-state index in [4.69, 9.17) is 27.9 Å². The number of carbonyl (C=O) groups excluding carboxylic acids is 2. The van der Waals surface area contributed by atoms with Gasteiger partial charge in [-0.1, -0.05) is 25.1 Å². The first-order valence-electron chi connectivity index (χ1n) is 9.94. The SMILES string of the molecule is CC(C(C(=O)O)N(CCCl)CCCl)[C@H](NC(=O)Nc1ccccc1)C(=O)OC(C)(C)C. The van der Waals surface area contributed by atoms with Gasteiger partial charge in [-0.05, 0) is 32.9 Å². The van der Waals surface area contributed by atoms with E-state index >= 15 is 0 Å². The molecule has 174 valence electrons. The van der Waals surface area contributed by atoms with Crippen LogP contribution < -0.4 is 10.6 Å². The molecule has 31 heavy (non-hydrogen) atoms. The van der Waals surface area contributed by atoms with Gasteiger partial charge in [-0.2, -0.15) is 0 Å². The molecule has 0 aromatic heterocycles. The summed E-state index contributed by atoms with van der Waals surface area (Å²) in [7, 11) is 0. The molecule has 0 aliphatic rings. The summed E-state index contributed by atoms with van der Waals surface area (Å²) in [5, 5.41) is 15.1. The number of nitrogens with one attached hydrogen (secondary N) is 2. The second kappa shape index (κ2) is 12.7. The lowest BCUT2D eigenvalue weighted by Crippen LogP contribution is -2.57. The molecule has 3 N–H and O–H groups in total. The third kappa shape index (κ3) is 9.33. The van der Waals surface area contributed by atoms with Crippen LogP contribution in [0.25, 0.3) is 0 Å². The van der Waals surface area contributed by atoms with Gasteiger partial charge < -0.3 is 20.5 Å². The maximum Gasteiger partial charge on any atom is 0.329 e. The van der Waals surface area contributed by atoms with Crippen molar-refractivity contribution in [2.45, 2.75) is 45.4 Å². The van der Waals surface area contributed by atoms with E-state index in [1.165, 1.54) is 0 Å². The topological polar surface area (TPSA) is 108 Å². The zero-order valence-corrected chi connectivity index (χ0v) is 19.7. The number of carboxylic acids is 1. The molecule has 0 aliphatic heterocycles. The number of anilines is 1. The van der Waals surface area contributed by atoms with E-state index in [9.17, 15) is 19.5 Å². The summed E-state index contributed by atoms with van der Waals surface area (Å²) in [6.45, 7) is 7.17. The monoisotopic (exact) mass is 475 g/mol. The van der Waals surface area contributed by atoms with Crippen molar-refractivity contribution in [3.05, 3.63) is 30.3 Å². The van der Waals surface area contributed by atoms with Crippen molar-refractivity contribution >= 4 is 46.9 Å². The fourth-order valence-corrected chi connectivity index (χ4v) is 3.54. The lowest BCUT2D eigenvalue weighted by molar-refractivity contribution is -0.160. The number of para-hydroxylation sites is 1. The summed E-state index contributed by atoms with van der Waals surface area (Å²) in [4.78, 5) is 39.2. The second-order valence-corrected chi connectivity index (χ2v) is 8.79. The minimum absolute atomic E-state index is 0.187. The number of amides is 2. The number of nitrogens with zero attached hydrogens (tertiary/aromatic N) is 1. The van der Waals surface area contributed by atoms with Crippen LogP contribution in [0.5, 0.6) is 0 Å². The highest BCUT2D eigenvalue weighted by molar-refractivity contribution is 6.18. The first kappa shape index (κ1) is 27.0. The Labute approximate surface area is 193 Å². The minimum Gasteiger partial charge on any atom is -0.480 e. The summed E-state index contributed by atoms with van der Waals surface area (Å²) in [5.41, 5.74) is -0.298. The fraction of sp³-hybridized carbons (Fsp3) is 0.571. The number of hydrogen-bond donors (Lipinski definition) is 3. The van der Waals surface area contributed by atoms with E-state index in [-0.39, 0.29) is 24.8 Å². The molecule has 1 rings (SSSR count). The Kier molecular flexibility index (Phi) is 11.1. The molecular formula is C21H31Cl2N3O5. The van der Waals surface area contributed by atoms with Gasteiger partial charge in [-0.3, -0.25) is 9.69 Å². The maximum absolute atomic E-state index is 12.9. The van der Waals surface area contributed by atoms with Gasteiger partial charge in [0.05, 0.1) is 0 Å². The smallest absolute Gasteiger partial charge is 0.329 e. The number of urea groups is 1. The lowest BCUT2D eigenvalue weighted by Gasteiger charge is -2.36. The molecule has 0 bridgehead atoms. The molecule has 8 nitrogen and oxygen atoms in total. The van der Waals surface area contributed by atoms with Crippen LogP contribution in [0.1, 0.15) is 27.7 Å². The molecule has 0 heterocycles. The molecule has 1 aromatic carbocycles. The van der Waals surface area contributed by atoms with Crippen LogP contribution in [-0.4, -0.2) is 70.5 Å². The molecule has 0 radical (unpaired) electrons. The first-order valence-corrected chi connectivity index (χ1v) is 11.0. The Balaban J connectivity index is 3.17. The first-order chi connectivity index (χ1) is 14.5. The zero-order valence-electron chi connectivity index (χ0n) is 18.2. The standard InChI is InChI=1S/C21H31Cl2N3O5/c1-14(17(18(27)28)26(12-10-22)13-11-23)16(19(29)31-21(2,3)4)25-20(30)24-15-8-6-5-7-9-15/h5-9,14,16-17H,10-13H2,1-4H3,(H,27,28)(H2,24,25,30)/t14?,16-,17?/m0/s1. The van der Waals surface area contributed by atoms with Crippen LogP contribution >= 0.6 is 23.2 Å². The van der Waals surface area contributed by atoms with E-state index in [1.54, 1.807) is 62.9 Å². The highest BCUT2D eigenvalue weighted by Gasteiger charge is 2.41. The van der Waals surface area contributed by atoms with Gasteiger partial charge in [0.2, 0.25) is 0 Å². The Morgan fingerprint density at radius 1 is 1.10 bits per heavy atom. The number of carboxylic acid groups (broad SMARTS) is 1. The number of rotatable bonds is 11. The van der Waals surface area contributed by atoms with Crippen molar-refractivity contribution in [1.29, 1.82) is 0 Å². The number of aliphatic carboxylic acids is 1. The summed E-state index contributed by atoms with van der Waals surface area (Å²) in [5.74, 6) is -2.35. The molecule has 0 fully saturated rings. The van der Waals surface area contributed by atoms with Crippen LogP contribution in [0.3, 0.4) is 0 Å². The van der Waals surface area contributed by atoms with Crippen molar-refractivity contribution in [2.24, 2.45) is 5.92 Å². The third-order valence-corrected chi connectivity index (χ3v) is 4.73. The molecular weight excluding hydrogens is 445 g/mol. The zero-order chi connectivity index (χ0) is 23.6. The minimum atomic E-state index is -1.22. The van der Waals surface area contributed by atoms with Crippen LogP contribution in [0.15, 0.2) is 30.3 Å².